The van der Waals surface area contributed by atoms with Crippen LogP contribution in [0.5, 0.6) is 0 Å². The Morgan fingerprint density at radius 2 is 2.13 bits per heavy atom. The van der Waals surface area contributed by atoms with Crippen LogP contribution < -0.4 is 10.6 Å². The minimum Gasteiger partial charge on any atom is -0.338 e. The molecule has 4 heteroatoms. The van der Waals surface area contributed by atoms with Crippen LogP contribution in [0.1, 0.15) is 26.2 Å². The summed E-state index contributed by atoms with van der Waals surface area (Å²) in [7, 11) is 1.82. The van der Waals surface area contributed by atoms with E-state index in [-0.39, 0.29) is 6.03 Å². The van der Waals surface area contributed by atoms with Gasteiger partial charge in [-0.2, -0.15) is 0 Å². The molecule has 2 N–H and O–H groups in total. The molecule has 1 aliphatic rings. The van der Waals surface area contributed by atoms with Crippen LogP contribution in [-0.4, -0.2) is 44.2 Å². The van der Waals surface area contributed by atoms with E-state index in [1.54, 1.807) is 4.90 Å². The fourth-order valence-electron chi connectivity index (χ4n) is 1.83. The maximum Gasteiger partial charge on any atom is 0.317 e. The molecule has 1 fully saturated rings. The molecule has 0 saturated carbocycles. The van der Waals surface area contributed by atoms with Crippen molar-refractivity contribution in [1.29, 1.82) is 0 Å². The Bertz CT molecular complexity index is 190. The summed E-state index contributed by atoms with van der Waals surface area (Å²) in [6.45, 7) is 5.82. The molecule has 0 radical (unpaired) electrons. The number of hydrogen-bond donors (Lipinski definition) is 2. The maximum absolute atomic E-state index is 11.4. The lowest BCUT2D eigenvalue weighted by Crippen LogP contribution is -2.38. The van der Waals surface area contributed by atoms with Crippen molar-refractivity contribution >= 4 is 6.03 Å². The summed E-state index contributed by atoms with van der Waals surface area (Å²) in [6, 6.07) is 0.0476. The van der Waals surface area contributed by atoms with Crippen LogP contribution in [0.25, 0.3) is 0 Å². The van der Waals surface area contributed by atoms with Gasteiger partial charge in [-0.05, 0) is 45.2 Å². The van der Waals surface area contributed by atoms with Gasteiger partial charge in [0.05, 0.1) is 0 Å². The zero-order valence-electron chi connectivity index (χ0n) is 9.88. The Morgan fingerprint density at radius 3 is 2.73 bits per heavy atom. The predicted molar refractivity (Wildman–Crippen MR) is 61.9 cm³/mol. The van der Waals surface area contributed by atoms with Gasteiger partial charge in [-0.15, -0.1) is 0 Å². The van der Waals surface area contributed by atoms with Gasteiger partial charge in [0.15, 0.2) is 0 Å². The number of carbonyl (C=O) groups excluding carboxylic acids is 1. The Hall–Kier alpha value is -0.770. The van der Waals surface area contributed by atoms with E-state index >= 15 is 0 Å². The minimum atomic E-state index is 0.0476. The van der Waals surface area contributed by atoms with E-state index in [4.69, 9.17) is 0 Å². The molecule has 1 saturated heterocycles. The lowest BCUT2D eigenvalue weighted by atomic mass is 9.95. The lowest BCUT2D eigenvalue weighted by molar-refractivity contribution is 0.209. The van der Waals surface area contributed by atoms with Crippen LogP contribution in [0.3, 0.4) is 0 Å². The summed E-state index contributed by atoms with van der Waals surface area (Å²) >= 11 is 0. The average molecular weight is 213 g/mol. The van der Waals surface area contributed by atoms with E-state index in [1.165, 1.54) is 12.8 Å². The summed E-state index contributed by atoms with van der Waals surface area (Å²) < 4.78 is 0. The van der Waals surface area contributed by atoms with Gasteiger partial charge < -0.3 is 15.5 Å². The highest BCUT2D eigenvalue weighted by Crippen LogP contribution is 2.14. The predicted octanol–water partition coefficient (Wildman–Crippen LogP) is 1.04. The van der Waals surface area contributed by atoms with Crippen LogP contribution in [0.2, 0.25) is 0 Å². The van der Waals surface area contributed by atoms with Crippen LogP contribution >= 0.6 is 0 Å². The van der Waals surface area contributed by atoms with Crippen molar-refractivity contribution in [2.24, 2.45) is 5.92 Å². The molecule has 88 valence electrons. The SMILES string of the molecule is CCN(C)C(=O)NCCC1CCNCC1. The summed E-state index contributed by atoms with van der Waals surface area (Å²) in [5.41, 5.74) is 0. The number of rotatable bonds is 4. The number of nitrogens with zero attached hydrogens (tertiary/aromatic N) is 1. The second-order valence-corrected chi connectivity index (χ2v) is 4.23. The van der Waals surface area contributed by atoms with Crippen molar-refractivity contribution in [3.8, 4) is 0 Å². The molecular formula is C11H23N3O. The van der Waals surface area contributed by atoms with Gasteiger partial charge in [-0.3, -0.25) is 0 Å². The molecule has 0 unspecified atom stereocenters. The molecule has 1 aliphatic heterocycles. The highest BCUT2D eigenvalue weighted by molar-refractivity contribution is 5.73. The van der Waals surface area contributed by atoms with E-state index < -0.39 is 0 Å². The first kappa shape index (κ1) is 12.3. The third kappa shape index (κ3) is 4.51. The van der Waals surface area contributed by atoms with Crippen molar-refractivity contribution in [3.63, 3.8) is 0 Å². The van der Waals surface area contributed by atoms with Crippen LogP contribution in [-0.2, 0) is 0 Å². The number of hydrogen-bond acceptors (Lipinski definition) is 2. The molecule has 1 rings (SSSR count). The molecule has 15 heavy (non-hydrogen) atoms. The van der Waals surface area contributed by atoms with Gasteiger partial charge in [0.2, 0.25) is 0 Å². The van der Waals surface area contributed by atoms with Gasteiger partial charge in [0.1, 0.15) is 0 Å². The second-order valence-electron chi connectivity index (χ2n) is 4.23. The Morgan fingerprint density at radius 1 is 1.47 bits per heavy atom. The molecule has 4 nitrogen and oxygen atoms in total. The highest BCUT2D eigenvalue weighted by atomic mass is 16.2. The Balaban J connectivity index is 2.07. The zero-order chi connectivity index (χ0) is 11.1. The molecule has 0 aromatic heterocycles. The van der Waals surface area contributed by atoms with Crippen molar-refractivity contribution < 1.29 is 4.79 Å². The molecule has 0 aromatic rings. The van der Waals surface area contributed by atoms with Crippen LogP contribution in [0, 0.1) is 5.92 Å². The molecule has 0 atom stereocenters. The number of amides is 2. The first-order chi connectivity index (χ1) is 7.24. The number of nitrogens with one attached hydrogen (secondary N) is 2. The van der Waals surface area contributed by atoms with E-state index in [9.17, 15) is 4.79 Å². The summed E-state index contributed by atoms with van der Waals surface area (Å²) in [5.74, 6) is 0.790. The minimum absolute atomic E-state index is 0.0476. The van der Waals surface area contributed by atoms with Crippen molar-refractivity contribution in [3.05, 3.63) is 0 Å². The molecule has 0 aromatic carbocycles. The lowest BCUT2D eigenvalue weighted by Gasteiger charge is -2.23. The quantitative estimate of drug-likeness (QED) is 0.733. The third-order valence-electron chi connectivity index (χ3n) is 3.11. The van der Waals surface area contributed by atoms with Gasteiger partial charge >= 0.3 is 6.03 Å². The topological polar surface area (TPSA) is 44.4 Å². The molecule has 1 heterocycles. The van der Waals surface area contributed by atoms with Gasteiger partial charge in [-0.1, -0.05) is 0 Å². The maximum atomic E-state index is 11.4. The number of carbonyl (C=O) groups is 1. The Labute approximate surface area is 92.4 Å². The molecule has 2 amide bonds. The first-order valence-corrected chi connectivity index (χ1v) is 5.93. The van der Waals surface area contributed by atoms with E-state index in [0.717, 1.165) is 38.5 Å². The second kappa shape index (κ2) is 6.67. The first-order valence-electron chi connectivity index (χ1n) is 5.93. The number of urea groups is 1. The van der Waals surface area contributed by atoms with Crippen LogP contribution in [0.4, 0.5) is 4.79 Å². The Kier molecular flexibility index (Phi) is 5.47. The molecular weight excluding hydrogens is 190 g/mol. The fraction of sp³-hybridized carbons (Fsp3) is 0.909. The summed E-state index contributed by atoms with van der Waals surface area (Å²) in [6.07, 6.45) is 3.62. The fourth-order valence-corrected chi connectivity index (χ4v) is 1.83. The van der Waals surface area contributed by atoms with E-state index in [1.807, 2.05) is 14.0 Å². The average Bonchev–Trinajstić information content (AvgIpc) is 2.29. The van der Waals surface area contributed by atoms with Crippen LogP contribution in [0.15, 0.2) is 0 Å². The van der Waals surface area contributed by atoms with E-state index in [2.05, 4.69) is 10.6 Å². The smallest absolute Gasteiger partial charge is 0.317 e. The standard InChI is InChI=1S/C11H23N3O/c1-3-14(2)11(15)13-9-6-10-4-7-12-8-5-10/h10,12H,3-9H2,1-2H3,(H,13,15). The molecule has 0 bridgehead atoms. The molecule has 0 aliphatic carbocycles. The van der Waals surface area contributed by atoms with Crippen molar-refractivity contribution in [2.75, 3.05) is 33.2 Å². The van der Waals surface area contributed by atoms with Crippen molar-refractivity contribution in [2.45, 2.75) is 26.2 Å². The summed E-state index contributed by atoms with van der Waals surface area (Å²) in [4.78, 5) is 13.1. The molecule has 0 spiro atoms. The zero-order valence-corrected chi connectivity index (χ0v) is 9.88. The summed E-state index contributed by atoms with van der Waals surface area (Å²) in [5, 5.41) is 6.29. The van der Waals surface area contributed by atoms with Gasteiger partial charge in [0.25, 0.3) is 0 Å². The third-order valence-corrected chi connectivity index (χ3v) is 3.11. The normalized spacial score (nSPS) is 17.5. The van der Waals surface area contributed by atoms with Gasteiger partial charge in [0, 0.05) is 20.1 Å². The van der Waals surface area contributed by atoms with Gasteiger partial charge in [-0.25, -0.2) is 4.79 Å². The van der Waals surface area contributed by atoms with E-state index in [0.29, 0.717) is 0 Å². The monoisotopic (exact) mass is 213 g/mol. The van der Waals surface area contributed by atoms with Crippen molar-refractivity contribution in [1.82, 2.24) is 15.5 Å². The highest BCUT2D eigenvalue weighted by Gasteiger charge is 2.13. The number of piperidine rings is 1. The largest absolute Gasteiger partial charge is 0.338 e.